The first-order valence-corrected chi connectivity index (χ1v) is 12.7. The van der Waals surface area contributed by atoms with E-state index in [4.69, 9.17) is 9.15 Å². The highest BCUT2D eigenvalue weighted by Gasteiger charge is 2.17. The van der Waals surface area contributed by atoms with Gasteiger partial charge in [-0.15, -0.1) is 16.9 Å². The highest BCUT2D eigenvalue weighted by atomic mass is 32.2. The lowest BCUT2D eigenvalue weighted by molar-refractivity contribution is 0.102. The molecule has 0 aliphatic rings. The Balaban J connectivity index is 1.43. The van der Waals surface area contributed by atoms with E-state index in [1.807, 2.05) is 30.5 Å². The van der Waals surface area contributed by atoms with Crippen molar-refractivity contribution >= 4 is 39.4 Å². The van der Waals surface area contributed by atoms with Gasteiger partial charge in [0, 0.05) is 16.1 Å². The summed E-state index contributed by atoms with van der Waals surface area (Å²) in [6.45, 7) is 0. The highest BCUT2D eigenvalue weighted by molar-refractivity contribution is 7.98. The third-order valence-electron chi connectivity index (χ3n) is 4.75. The van der Waals surface area contributed by atoms with Gasteiger partial charge in [0.2, 0.25) is 0 Å². The van der Waals surface area contributed by atoms with Crippen LogP contribution in [0.4, 0.5) is 11.7 Å². The predicted molar refractivity (Wildman–Crippen MR) is 130 cm³/mol. The largest absolute Gasteiger partial charge is 0.497 e. The zero-order valence-corrected chi connectivity index (χ0v) is 19.8. The van der Waals surface area contributed by atoms with E-state index in [0.717, 1.165) is 10.5 Å². The third-order valence-corrected chi connectivity index (χ3v) is 6.94. The molecule has 2 N–H and O–H groups in total. The van der Waals surface area contributed by atoms with Gasteiger partial charge in [-0.25, -0.2) is 8.42 Å². The van der Waals surface area contributed by atoms with Crippen LogP contribution in [-0.4, -0.2) is 37.9 Å². The smallest absolute Gasteiger partial charge is 0.322 e. The first-order chi connectivity index (χ1) is 16.4. The minimum absolute atomic E-state index is 0.0415. The summed E-state index contributed by atoms with van der Waals surface area (Å²) in [6.07, 6.45) is 1.94. The molecule has 0 spiro atoms. The predicted octanol–water partition coefficient (Wildman–Crippen LogP) is 4.52. The Morgan fingerprint density at radius 3 is 2.35 bits per heavy atom. The minimum Gasteiger partial charge on any atom is -0.497 e. The molecular weight excluding hydrogens is 476 g/mol. The Morgan fingerprint density at radius 2 is 1.68 bits per heavy atom. The SMILES string of the molecule is COc1ccc(S(=O)(=O)Nc2ccc(C(=O)Nc3nnc(-c4ccccc4SC)o3)cc2)cc1. The molecule has 11 heteroatoms. The average molecular weight is 497 g/mol. The Bertz CT molecular complexity index is 1400. The lowest BCUT2D eigenvalue weighted by Crippen LogP contribution is -2.14. The normalized spacial score (nSPS) is 11.1. The van der Waals surface area contributed by atoms with E-state index in [1.165, 1.54) is 43.5 Å². The molecule has 1 heterocycles. The summed E-state index contributed by atoms with van der Waals surface area (Å²) >= 11 is 1.55. The fourth-order valence-electron chi connectivity index (χ4n) is 3.03. The Kier molecular flexibility index (Phi) is 6.85. The van der Waals surface area contributed by atoms with Crippen molar-refractivity contribution in [3.8, 4) is 17.2 Å². The number of benzene rings is 3. The van der Waals surface area contributed by atoms with Crippen LogP contribution in [0.2, 0.25) is 0 Å². The molecule has 0 fully saturated rings. The van der Waals surface area contributed by atoms with Crippen LogP contribution in [0.3, 0.4) is 0 Å². The van der Waals surface area contributed by atoms with Gasteiger partial charge in [-0.2, -0.15) is 0 Å². The maximum absolute atomic E-state index is 12.6. The minimum atomic E-state index is -3.79. The fraction of sp³-hybridized carbons (Fsp3) is 0.0870. The van der Waals surface area contributed by atoms with E-state index >= 15 is 0 Å². The van der Waals surface area contributed by atoms with Crippen molar-refractivity contribution in [3.63, 3.8) is 0 Å². The van der Waals surface area contributed by atoms with Gasteiger partial charge in [0.05, 0.1) is 17.6 Å². The van der Waals surface area contributed by atoms with Crippen LogP contribution in [0.5, 0.6) is 5.75 Å². The number of nitrogens with zero attached hydrogens (tertiary/aromatic N) is 2. The van der Waals surface area contributed by atoms with Gasteiger partial charge in [0.15, 0.2) is 0 Å². The number of rotatable bonds is 8. The zero-order chi connectivity index (χ0) is 24.1. The zero-order valence-electron chi connectivity index (χ0n) is 18.2. The number of aromatic nitrogens is 2. The molecule has 1 amide bonds. The van der Waals surface area contributed by atoms with Crippen molar-refractivity contribution in [2.75, 3.05) is 23.4 Å². The van der Waals surface area contributed by atoms with Crippen molar-refractivity contribution in [1.29, 1.82) is 0 Å². The van der Waals surface area contributed by atoms with Crippen LogP contribution in [0.25, 0.3) is 11.5 Å². The second-order valence-electron chi connectivity index (χ2n) is 6.93. The van der Waals surface area contributed by atoms with E-state index < -0.39 is 15.9 Å². The topological polar surface area (TPSA) is 123 Å². The van der Waals surface area contributed by atoms with Crippen LogP contribution in [0.15, 0.2) is 87.0 Å². The lowest BCUT2D eigenvalue weighted by atomic mass is 10.2. The first kappa shape index (κ1) is 23.3. The second-order valence-corrected chi connectivity index (χ2v) is 9.46. The Hall–Kier alpha value is -3.83. The number of hydrogen-bond acceptors (Lipinski definition) is 8. The summed E-state index contributed by atoms with van der Waals surface area (Å²) in [5.74, 6) is 0.373. The molecule has 4 rings (SSSR count). The van der Waals surface area contributed by atoms with E-state index in [1.54, 1.807) is 23.9 Å². The van der Waals surface area contributed by atoms with Crippen molar-refractivity contribution in [1.82, 2.24) is 10.2 Å². The molecule has 34 heavy (non-hydrogen) atoms. The summed E-state index contributed by atoms with van der Waals surface area (Å²) in [5.41, 5.74) is 1.37. The molecule has 0 aliphatic carbocycles. The average Bonchev–Trinajstić information content (AvgIpc) is 3.32. The molecule has 0 bridgehead atoms. The van der Waals surface area contributed by atoms with Crippen LogP contribution >= 0.6 is 11.8 Å². The summed E-state index contributed by atoms with van der Waals surface area (Å²) < 4.78 is 38.2. The summed E-state index contributed by atoms with van der Waals surface area (Å²) in [7, 11) is -2.29. The molecule has 4 aromatic rings. The Morgan fingerprint density at radius 1 is 0.971 bits per heavy atom. The van der Waals surface area contributed by atoms with Crippen LogP contribution in [0, 0.1) is 0 Å². The van der Waals surface area contributed by atoms with Gasteiger partial charge in [-0.05, 0) is 66.9 Å². The number of sulfonamides is 1. The number of methoxy groups -OCH3 is 1. The maximum Gasteiger partial charge on any atom is 0.322 e. The summed E-state index contributed by atoms with van der Waals surface area (Å²) in [5, 5.41) is 10.4. The molecule has 0 atom stereocenters. The number of nitrogens with one attached hydrogen (secondary N) is 2. The monoisotopic (exact) mass is 496 g/mol. The molecule has 174 valence electrons. The molecule has 9 nitrogen and oxygen atoms in total. The van der Waals surface area contributed by atoms with Crippen molar-refractivity contribution in [2.24, 2.45) is 0 Å². The number of ether oxygens (including phenoxy) is 1. The van der Waals surface area contributed by atoms with E-state index in [-0.39, 0.29) is 16.5 Å². The summed E-state index contributed by atoms with van der Waals surface area (Å²) in [6, 6.07) is 19.5. The van der Waals surface area contributed by atoms with Gasteiger partial charge >= 0.3 is 6.01 Å². The molecular formula is C23H20N4O5S2. The molecule has 3 aromatic carbocycles. The Labute approximate surface area is 200 Å². The van der Waals surface area contributed by atoms with E-state index in [0.29, 0.717) is 17.3 Å². The molecule has 1 aromatic heterocycles. The molecule has 0 unspecified atom stereocenters. The maximum atomic E-state index is 12.6. The summed E-state index contributed by atoms with van der Waals surface area (Å²) in [4.78, 5) is 13.6. The number of thioether (sulfide) groups is 1. The quantitative estimate of drug-likeness (QED) is 0.341. The van der Waals surface area contributed by atoms with E-state index in [9.17, 15) is 13.2 Å². The van der Waals surface area contributed by atoms with Crippen molar-refractivity contribution in [2.45, 2.75) is 9.79 Å². The number of amides is 1. The van der Waals surface area contributed by atoms with Crippen molar-refractivity contribution < 1.29 is 22.4 Å². The first-order valence-electron chi connectivity index (χ1n) is 9.95. The van der Waals surface area contributed by atoms with Gasteiger partial charge < -0.3 is 9.15 Å². The second kappa shape index (κ2) is 9.98. The number of carbonyl (C=O) groups is 1. The number of carbonyl (C=O) groups excluding carboxylic acids is 1. The van der Waals surface area contributed by atoms with Gasteiger partial charge in [-0.1, -0.05) is 17.2 Å². The number of hydrogen-bond donors (Lipinski definition) is 2. The standard InChI is InChI=1S/C23H20N4O5S2/c1-31-17-11-13-18(14-12-17)34(29,30)27-16-9-7-15(8-10-16)21(28)24-23-26-25-22(32-23)19-5-3-4-6-20(19)33-2/h3-14,27H,1-2H3,(H,24,26,28). The van der Waals surface area contributed by atoms with E-state index in [2.05, 4.69) is 20.2 Å². The molecule has 0 saturated heterocycles. The van der Waals surface area contributed by atoms with Crippen LogP contribution in [-0.2, 0) is 10.0 Å². The van der Waals surface area contributed by atoms with Crippen molar-refractivity contribution in [3.05, 3.63) is 78.4 Å². The van der Waals surface area contributed by atoms with Gasteiger partial charge in [0.1, 0.15) is 5.75 Å². The molecule has 0 radical (unpaired) electrons. The van der Waals surface area contributed by atoms with Gasteiger partial charge in [-0.3, -0.25) is 14.8 Å². The van der Waals surface area contributed by atoms with Crippen LogP contribution in [0.1, 0.15) is 10.4 Å². The lowest BCUT2D eigenvalue weighted by Gasteiger charge is -2.09. The molecule has 0 aliphatic heterocycles. The third kappa shape index (κ3) is 5.21. The molecule has 0 saturated carbocycles. The number of anilines is 2. The van der Waals surface area contributed by atoms with Crippen LogP contribution < -0.4 is 14.8 Å². The van der Waals surface area contributed by atoms with Gasteiger partial charge in [0.25, 0.3) is 21.8 Å². The highest BCUT2D eigenvalue weighted by Crippen LogP contribution is 2.29. The fourth-order valence-corrected chi connectivity index (χ4v) is 4.68.